The van der Waals surface area contributed by atoms with E-state index in [0.717, 1.165) is 31.4 Å². The molecule has 1 aromatic rings. The quantitative estimate of drug-likeness (QED) is 0.0490. The van der Waals surface area contributed by atoms with Crippen LogP contribution in [0.5, 0.6) is 0 Å². The van der Waals surface area contributed by atoms with Crippen LogP contribution in [-0.4, -0.2) is 34.4 Å². The lowest BCUT2D eigenvalue weighted by atomic mass is 10.0. The molecular formula is C42H78N4O2. The van der Waals surface area contributed by atoms with Gasteiger partial charge in [0, 0.05) is 31.3 Å². The predicted molar refractivity (Wildman–Crippen MR) is 206 cm³/mol. The second-order valence-corrected chi connectivity index (χ2v) is 14.3. The van der Waals surface area contributed by atoms with E-state index in [2.05, 4.69) is 46.6 Å². The maximum absolute atomic E-state index is 13.0. The van der Waals surface area contributed by atoms with Crippen molar-refractivity contribution in [2.24, 2.45) is 0 Å². The lowest BCUT2D eigenvalue weighted by Gasteiger charge is -2.18. The van der Waals surface area contributed by atoms with Gasteiger partial charge in [0.05, 0.1) is 6.33 Å². The Kier molecular flexibility index (Phi) is 31.8. The van der Waals surface area contributed by atoms with Crippen molar-refractivity contribution in [1.82, 2.24) is 20.6 Å². The Balaban J connectivity index is 2.07. The molecule has 278 valence electrons. The molecule has 0 saturated heterocycles. The van der Waals surface area contributed by atoms with Crippen molar-refractivity contribution in [3.63, 3.8) is 0 Å². The zero-order valence-electron chi connectivity index (χ0n) is 31.8. The number of unbranched alkanes of at least 4 members (excludes halogenated alkanes) is 26. The molecule has 0 aliphatic rings. The standard InChI is InChI=1S/C42H78N4O2/c1-3-5-7-9-11-13-15-17-19-21-23-25-27-29-31-33-35-44-42(48)40(36-39-37-43-38-45-39)46-41(47)34-32-30-28-26-24-22-20-18-16-14-12-10-8-6-4-2/h17,19,37-38,40H,3-16,18,20-36H2,1-2H3,(H,43,45)(H,44,48)(H,46,47). The molecule has 3 N–H and O–H groups in total. The van der Waals surface area contributed by atoms with Crippen molar-refractivity contribution in [2.75, 3.05) is 6.54 Å². The number of rotatable bonds is 36. The third-order valence-corrected chi connectivity index (χ3v) is 9.63. The average molecular weight is 671 g/mol. The van der Waals surface area contributed by atoms with Crippen LogP contribution >= 0.6 is 0 Å². The van der Waals surface area contributed by atoms with Crippen LogP contribution < -0.4 is 10.6 Å². The number of carbonyl (C=O) groups is 2. The summed E-state index contributed by atoms with van der Waals surface area (Å²) in [4.78, 5) is 32.9. The van der Waals surface area contributed by atoms with Gasteiger partial charge in [-0.25, -0.2) is 4.98 Å². The van der Waals surface area contributed by atoms with Gasteiger partial charge in [0.1, 0.15) is 6.04 Å². The number of hydrogen-bond donors (Lipinski definition) is 3. The summed E-state index contributed by atoms with van der Waals surface area (Å²) in [5.74, 6) is -0.121. The molecule has 1 unspecified atom stereocenters. The van der Waals surface area contributed by atoms with Gasteiger partial charge >= 0.3 is 0 Å². The molecule has 6 nitrogen and oxygen atoms in total. The normalized spacial score (nSPS) is 12.1. The van der Waals surface area contributed by atoms with Crippen LogP contribution in [-0.2, 0) is 16.0 Å². The van der Waals surface area contributed by atoms with E-state index in [4.69, 9.17) is 0 Å². The van der Waals surface area contributed by atoms with Crippen LogP contribution in [0.4, 0.5) is 0 Å². The first kappa shape index (κ1) is 43.9. The van der Waals surface area contributed by atoms with Gasteiger partial charge in [-0.1, -0.05) is 174 Å². The molecule has 0 aromatic carbocycles. The van der Waals surface area contributed by atoms with E-state index in [1.807, 2.05) is 0 Å². The average Bonchev–Trinajstić information content (AvgIpc) is 3.60. The van der Waals surface area contributed by atoms with E-state index in [-0.39, 0.29) is 11.8 Å². The zero-order chi connectivity index (χ0) is 34.6. The molecule has 0 aliphatic heterocycles. The summed E-state index contributed by atoms with van der Waals surface area (Å²) in [5, 5.41) is 6.08. The van der Waals surface area contributed by atoms with Crippen LogP contribution in [0.1, 0.15) is 212 Å². The highest BCUT2D eigenvalue weighted by atomic mass is 16.2. The van der Waals surface area contributed by atoms with Crippen LogP contribution in [0.2, 0.25) is 0 Å². The van der Waals surface area contributed by atoms with Gasteiger partial charge in [-0.05, 0) is 38.5 Å². The first-order valence-electron chi connectivity index (χ1n) is 20.9. The number of allylic oxidation sites excluding steroid dienone is 2. The summed E-state index contributed by atoms with van der Waals surface area (Å²) < 4.78 is 0. The number of hydrogen-bond acceptors (Lipinski definition) is 3. The van der Waals surface area contributed by atoms with E-state index >= 15 is 0 Å². The minimum atomic E-state index is -0.566. The van der Waals surface area contributed by atoms with Crippen LogP contribution in [0, 0.1) is 0 Å². The summed E-state index contributed by atoms with van der Waals surface area (Å²) in [6.07, 6.45) is 46.5. The fourth-order valence-electron chi connectivity index (χ4n) is 6.46. The van der Waals surface area contributed by atoms with Gasteiger partial charge < -0.3 is 15.6 Å². The molecule has 6 heteroatoms. The Hall–Kier alpha value is -2.11. The Morgan fingerprint density at radius 3 is 1.52 bits per heavy atom. The molecule has 0 spiro atoms. The first-order valence-corrected chi connectivity index (χ1v) is 20.9. The highest BCUT2D eigenvalue weighted by molar-refractivity contribution is 5.87. The summed E-state index contributed by atoms with van der Waals surface area (Å²) in [7, 11) is 0. The second-order valence-electron chi connectivity index (χ2n) is 14.3. The summed E-state index contributed by atoms with van der Waals surface area (Å²) in [5.41, 5.74) is 0.861. The third-order valence-electron chi connectivity index (χ3n) is 9.63. The number of nitrogens with one attached hydrogen (secondary N) is 3. The lowest BCUT2D eigenvalue weighted by molar-refractivity contribution is -0.129. The number of carbonyl (C=O) groups excluding carboxylic acids is 2. The number of nitrogens with zero attached hydrogens (tertiary/aromatic N) is 1. The van der Waals surface area contributed by atoms with Gasteiger partial charge in [0.2, 0.25) is 11.8 Å². The van der Waals surface area contributed by atoms with Crippen molar-refractivity contribution in [3.05, 3.63) is 30.4 Å². The largest absolute Gasteiger partial charge is 0.354 e. The van der Waals surface area contributed by atoms with E-state index in [1.54, 1.807) is 12.5 Å². The Labute approximate surface area is 297 Å². The van der Waals surface area contributed by atoms with Crippen molar-refractivity contribution >= 4 is 11.8 Å². The Morgan fingerprint density at radius 1 is 0.625 bits per heavy atom. The topological polar surface area (TPSA) is 86.9 Å². The fourth-order valence-corrected chi connectivity index (χ4v) is 6.46. The fraction of sp³-hybridized carbons (Fsp3) is 0.833. The summed E-state index contributed by atoms with van der Waals surface area (Å²) in [6.45, 7) is 5.21. The number of amides is 2. The zero-order valence-corrected chi connectivity index (χ0v) is 31.8. The Bertz CT molecular complexity index is 854. The summed E-state index contributed by atoms with van der Waals surface area (Å²) >= 11 is 0. The van der Waals surface area contributed by atoms with Crippen LogP contribution in [0.3, 0.4) is 0 Å². The SMILES string of the molecule is CCCCCCCCC=CCCCCCCCCNC(=O)C(Cc1cnc[nH]1)NC(=O)CCCCCCCCCCCCCCCCC. The summed E-state index contributed by atoms with van der Waals surface area (Å²) in [6, 6.07) is -0.566. The molecule has 2 amide bonds. The van der Waals surface area contributed by atoms with Crippen molar-refractivity contribution in [3.8, 4) is 0 Å². The van der Waals surface area contributed by atoms with Gasteiger partial charge in [-0.2, -0.15) is 0 Å². The highest BCUT2D eigenvalue weighted by Crippen LogP contribution is 2.14. The maximum Gasteiger partial charge on any atom is 0.242 e. The molecule has 1 aromatic heterocycles. The van der Waals surface area contributed by atoms with Gasteiger partial charge in [-0.15, -0.1) is 0 Å². The smallest absolute Gasteiger partial charge is 0.242 e. The van der Waals surface area contributed by atoms with Gasteiger partial charge in [0.15, 0.2) is 0 Å². The first-order chi connectivity index (χ1) is 23.7. The molecule has 0 saturated carbocycles. The van der Waals surface area contributed by atoms with Crippen molar-refractivity contribution < 1.29 is 9.59 Å². The maximum atomic E-state index is 13.0. The van der Waals surface area contributed by atoms with Crippen molar-refractivity contribution in [2.45, 2.75) is 219 Å². The molecule has 48 heavy (non-hydrogen) atoms. The molecule has 0 radical (unpaired) electrons. The number of H-pyrrole nitrogens is 1. The molecule has 0 aliphatic carbocycles. The molecular weight excluding hydrogens is 592 g/mol. The lowest BCUT2D eigenvalue weighted by Crippen LogP contribution is -2.48. The molecule has 0 fully saturated rings. The predicted octanol–water partition coefficient (Wildman–Crippen LogP) is 11.9. The van der Waals surface area contributed by atoms with Gasteiger partial charge in [-0.3, -0.25) is 9.59 Å². The number of aromatic amines is 1. The van der Waals surface area contributed by atoms with E-state index in [9.17, 15) is 9.59 Å². The highest BCUT2D eigenvalue weighted by Gasteiger charge is 2.21. The van der Waals surface area contributed by atoms with Crippen molar-refractivity contribution in [1.29, 1.82) is 0 Å². The second kappa shape index (κ2) is 34.7. The van der Waals surface area contributed by atoms with E-state index in [0.29, 0.717) is 19.4 Å². The number of imidazole rings is 1. The third kappa shape index (κ3) is 28.9. The Morgan fingerprint density at radius 2 is 1.06 bits per heavy atom. The molecule has 1 heterocycles. The van der Waals surface area contributed by atoms with Crippen LogP contribution in [0.15, 0.2) is 24.7 Å². The molecule has 1 atom stereocenters. The van der Waals surface area contributed by atoms with Crippen LogP contribution in [0.25, 0.3) is 0 Å². The molecule has 0 bridgehead atoms. The number of aromatic nitrogens is 2. The van der Waals surface area contributed by atoms with E-state index in [1.165, 1.54) is 161 Å². The monoisotopic (exact) mass is 671 g/mol. The minimum Gasteiger partial charge on any atom is -0.354 e. The van der Waals surface area contributed by atoms with Gasteiger partial charge in [0.25, 0.3) is 0 Å². The molecule has 1 rings (SSSR count). The minimum absolute atomic E-state index is 0.0263. The van der Waals surface area contributed by atoms with E-state index < -0.39 is 6.04 Å².